The van der Waals surface area contributed by atoms with E-state index in [1.54, 1.807) is 0 Å². The summed E-state index contributed by atoms with van der Waals surface area (Å²) in [6.07, 6.45) is 0. The maximum Gasteiger partial charge on any atom is 0.149 e. The van der Waals surface area contributed by atoms with Gasteiger partial charge >= 0.3 is 0 Å². The number of imidazole rings is 1. The number of hydrogen-bond acceptors (Lipinski definition) is 2. The minimum absolute atomic E-state index is 0.353. The molecule has 6 rings (SSSR count). The van der Waals surface area contributed by atoms with Gasteiger partial charge in [-0.1, -0.05) is 96.1 Å². The van der Waals surface area contributed by atoms with Crippen LogP contribution in [0.5, 0.6) is 0 Å². The Bertz CT molecular complexity index is 1790. The minimum Gasteiger partial charge on any atom is -0.455 e. The van der Waals surface area contributed by atoms with E-state index in [1.165, 1.54) is 16.8 Å². The fourth-order valence-corrected chi connectivity index (χ4v) is 5.49. The zero-order valence-corrected chi connectivity index (χ0v) is 22.5. The highest BCUT2D eigenvalue weighted by atomic mass is 16.3. The van der Waals surface area contributed by atoms with Crippen molar-refractivity contribution in [2.75, 3.05) is 0 Å². The van der Waals surface area contributed by atoms with Crippen molar-refractivity contribution in [3.05, 3.63) is 95.6 Å². The van der Waals surface area contributed by atoms with Crippen LogP contribution in [-0.4, -0.2) is 9.55 Å². The predicted octanol–water partition coefficient (Wildman–Crippen LogP) is 9.96. The molecule has 0 aliphatic rings. The van der Waals surface area contributed by atoms with E-state index in [1.807, 2.05) is 32.0 Å². The molecule has 6 aromatic rings. The third kappa shape index (κ3) is 3.76. The van der Waals surface area contributed by atoms with Crippen molar-refractivity contribution in [2.45, 2.75) is 59.3 Å². The summed E-state index contributed by atoms with van der Waals surface area (Å²) in [6.45, 7) is 12.8. The SMILES string of the molecule is [2H]C(C)(C)c1ccc2c(c1)oc1c(-c3nc4ccccc4n3-c3c(C(C)C)cccc3C(C)C)cccc12. The first-order chi connectivity index (χ1) is 18.1. The molecule has 3 nitrogen and oxygen atoms in total. The topological polar surface area (TPSA) is 31.0 Å². The molecule has 0 amide bonds. The van der Waals surface area contributed by atoms with Gasteiger partial charge in [-0.25, -0.2) is 4.98 Å². The number of aromatic nitrogens is 2. The molecular weight excluding hydrogens is 452 g/mol. The molecule has 37 heavy (non-hydrogen) atoms. The van der Waals surface area contributed by atoms with Crippen molar-refractivity contribution in [1.29, 1.82) is 0 Å². The molecule has 0 unspecified atom stereocenters. The van der Waals surface area contributed by atoms with Crippen LogP contribution in [-0.2, 0) is 0 Å². The summed E-state index contributed by atoms with van der Waals surface area (Å²) >= 11 is 0. The van der Waals surface area contributed by atoms with Gasteiger partial charge in [0, 0.05) is 12.1 Å². The molecule has 0 saturated heterocycles. The molecule has 3 heteroatoms. The Labute approximate surface area is 220 Å². The summed E-state index contributed by atoms with van der Waals surface area (Å²) < 4.78 is 17.4. The normalized spacial score (nSPS) is 12.9. The van der Waals surface area contributed by atoms with Gasteiger partial charge in [-0.15, -0.1) is 0 Å². The van der Waals surface area contributed by atoms with Gasteiger partial charge in [-0.2, -0.15) is 0 Å². The highest BCUT2D eigenvalue weighted by molar-refractivity contribution is 6.09. The summed E-state index contributed by atoms with van der Waals surface area (Å²) in [5, 5.41) is 2.12. The lowest BCUT2D eigenvalue weighted by molar-refractivity contribution is 0.667. The number of rotatable bonds is 5. The maximum absolute atomic E-state index is 8.50. The molecule has 2 heterocycles. The number of para-hydroxylation sites is 4. The quantitative estimate of drug-likeness (QED) is 0.242. The van der Waals surface area contributed by atoms with Crippen molar-refractivity contribution in [3.63, 3.8) is 0 Å². The molecule has 2 aromatic heterocycles. The number of fused-ring (bicyclic) bond motifs is 4. The Hall–Kier alpha value is -3.85. The molecule has 186 valence electrons. The summed E-state index contributed by atoms with van der Waals surface area (Å²) in [7, 11) is 0. The van der Waals surface area contributed by atoms with Crippen LogP contribution in [0.15, 0.2) is 83.3 Å². The van der Waals surface area contributed by atoms with Gasteiger partial charge in [-0.3, -0.25) is 4.57 Å². The Morgan fingerprint density at radius 2 is 1.46 bits per heavy atom. The average Bonchev–Trinajstić information content (AvgIpc) is 3.45. The van der Waals surface area contributed by atoms with Gasteiger partial charge in [0.25, 0.3) is 0 Å². The van der Waals surface area contributed by atoms with Crippen molar-refractivity contribution >= 4 is 33.0 Å². The minimum atomic E-state index is -0.697. The van der Waals surface area contributed by atoms with E-state index in [0.717, 1.165) is 49.9 Å². The second-order valence-corrected chi connectivity index (χ2v) is 10.8. The first-order valence-electron chi connectivity index (χ1n) is 13.7. The second kappa shape index (κ2) is 8.92. The molecule has 0 radical (unpaired) electrons. The highest BCUT2D eigenvalue weighted by Gasteiger charge is 2.24. The van der Waals surface area contributed by atoms with E-state index >= 15 is 0 Å². The van der Waals surface area contributed by atoms with E-state index < -0.39 is 5.89 Å². The molecule has 0 N–H and O–H groups in total. The molecule has 0 aliphatic carbocycles. The van der Waals surface area contributed by atoms with Gasteiger partial charge in [0.05, 0.1) is 22.3 Å². The lowest BCUT2D eigenvalue weighted by Gasteiger charge is -2.22. The largest absolute Gasteiger partial charge is 0.455 e. The standard InChI is InChI=1S/C34H34N2O/c1-20(2)23-17-18-26-27-13-10-14-28(33(27)37-31(26)19-23)34-35-29-15-7-8-16-30(29)36(34)32-24(21(3)4)11-9-12-25(32)22(5)6/h7-22H,1-6H3/i20D. The third-order valence-corrected chi connectivity index (χ3v) is 7.44. The van der Waals surface area contributed by atoms with Crippen LogP contribution >= 0.6 is 0 Å². The van der Waals surface area contributed by atoms with Crippen LogP contribution in [0.4, 0.5) is 0 Å². The van der Waals surface area contributed by atoms with E-state index in [0.29, 0.717) is 11.8 Å². The second-order valence-electron chi connectivity index (χ2n) is 10.8. The van der Waals surface area contributed by atoms with Gasteiger partial charge in [-0.05, 0) is 58.7 Å². The van der Waals surface area contributed by atoms with Crippen LogP contribution in [0.25, 0.3) is 50.0 Å². The van der Waals surface area contributed by atoms with Crippen LogP contribution in [0, 0.1) is 0 Å². The fraction of sp³-hybridized carbons (Fsp3) is 0.265. The van der Waals surface area contributed by atoms with E-state index in [2.05, 4.69) is 92.9 Å². The lowest BCUT2D eigenvalue weighted by atomic mass is 9.92. The maximum atomic E-state index is 8.50. The fourth-order valence-electron chi connectivity index (χ4n) is 5.49. The van der Waals surface area contributed by atoms with Gasteiger partial charge in [0.1, 0.15) is 17.0 Å². The van der Waals surface area contributed by atoms with Crippen molar-refractivity contribution in [3.8, 4) is 17.1 Å². The molecule has 0 saturated carbocycles. The van der Waals surface area contributed by atoms with E-state index in [4.69, 9.17) is 10.8 Å². The van der Waals surface area contributed by atoms with Gasteiger partial charge < -0.3 is 4.42 Å². The average molecular weight is 488 g/mol. The van der Waals surface area contributed by atoms with Crippen LogP contribution in [0.1, 0.15) is 77.3 Å². The van der Waals surface area contributed by atoms with Crippen LogP contribution in [0.2, 0.25) is 0 Å². The molecular formula is C34H34N2O. The Morgan fingerprint density at radius 3 is 2.16 bits per heavy atom. The Morgan fingerprint density at radius 1 is 0.757 bits per heavy atom. The van der Waals surface area contributed by atoms with Crippen molar-refractivity contribution in [1.82, 2.24) is 9.55 Å². The number of benzene rings is 4. The highest BCUT2D eigenvalue weighted by Crippen LogP contribution is 2.41. The molecule has 4 aromatic carbocycles. The summed E-state index contributed by atoms with van der Waals surface area (Å²) in [4.78, 5) is 5.21. The van der Waals surface area contributed by atoms with Gasteiger partial charge in [0.2, 0.25) is 0 Å². The molecule has 0 fully saturated rings. The third-order valence-electron chi connectivity index (χ3n) is 7.44. The van der Waals surface area contributed by atoms with E-state index in [-0.39, 0.29) is 0 Å². The number of hydrogen-bond donors (Lipinski definition) is 0. The molecule has 0 atom stereocenters. The smallest absolute Gasteiger partial charge is 0.149 e. The van der Waals surface area contributed by atoms with Crippen molar-refractivity contribution in [2.24, 2.45) is 0 Å². The van der Waals surface area contributed by atoms with Crippen molar-refractivity contribution < 1.29 is 5.79 Å². The molecule has 0 spiro atoms. The lowest BCUT2D eigenvalue weighted by Crippen LogP contribution is -2.08. The number of nitrogens with zero attached hydrogens (tertiary/aromatic N) is 2. The van der Waals surface area contributed by atoms with Gasteiger partial charge in [0.15, 0.2) is 0 Å². The number of furan rings is 1. The Kier molecular flexibility index (Phi) is 5.39. The van der Waals surface area contributed by atoms with E-state index in [9.17, 15) is 0 Å². The summed E-state index contributed by atoms with van der Waals surface area (Å²) in [6, 6.07) is 27.5. The zero-order chi connectivity index (χ0) is 26.8. The summed E-state index contributed by atoms with van der Waals surface area (Å²) in [5.41, 5.74) is 9.41. The summed E-state index contributed by atoms with van der Waals surface area (Å²) in [5.74, 6) is 0.891. The monoisotopic (exact) mass is 487 g/mol. The Balaban J connectivity index is 1.71. The van der Waals surface area contributed by atoms with Crippen LogP contribution in [0.3, 0.4) is 0 Å². The molecule has 0 bridgehead atoms. The predicted molar refractivity (Wildman–Crippen MR) is 156 cm³/mol. The first-order valence-corrected chi connectivity index (χ1v) is 13.2. The first kappa shape index (κ1) is 22.4. The zero-order valence-electron chi connectivity index (χ0n) is 23.5. The molecule has 0 aliphatic heterocycles. The van der Waals surface area contributed by atoms with Crippen LogP contribution < -0.4 is 0 Å².